The van der Waals surface area contributed by atoms with Crippen molar-refractivity contribution in [3.8, 4) is 0 Å². The zero-order valence-electron chi connectivity index (χ0n) is 7.70. The Labute approximate surface area is 88.0 Å². The molecule has 2 aliphatic carbocycles. The van der Waals surface area contributed by atoms with Crippen LogP contribution in [0, 0.1) is 0 Å². The summed E-state index contributed by atoms with van der Waals surface area (Å²) >= 11 is 6.14. The highest BCUT2D eigenvalue weighted by molar-refractivity contribution is 6.49. The molecule has 1 aromatic carbocycles. The van der Waals surface area contributed by atoms with Crippen LogP contribution in [0.3, 0.4) is 0 Å². The van der Waals surface area contributed by atoms with Crippen LogP contribution >= 0.6 is 11.6 Å². The quantitative estimate of drug-likeness (QED) is 0.691. The van der Waals surface area contributed by atoms with Crippen molar-refractivity contribution in [2.45, 2.75) is 24.9 Å². The van der Waals surface area contributed by atoms with Gasteiger partial charge < -0.3 is 5.11 Å². The predicted molar refractivity (Wildman–Crippen MR) is 57.2 cm³/mol. The third kappa shape index (κ3) is 0.999. The molecule has 2 unspecified atom stereocenters. The molecule has 3 rings (SSSR count). The largest absolute Gasteiger partial charge is 0.388 e. The Morgan fingerprint density at radius 1 is 1.36 bits per heavy atom. The number of rotatable bonds is 0. The lowest BCUT2D eigenvalue weighted by atomic mass is 9.88. The molecule has 0 radical (unpaired) electrons. The van der Waals surface area contributed by atoms with Crippen molar-refractivity contribution in [3.05, 3.63) is 41.0 Å². The molecule has 0 bridgehead atoms. The maximum absolute atomic E-state index is 9.86. The zero-order valence-corrected chi connectivity index (χ0v) is 8.46. The Morgan fingerprint density at radius 3 is 3.07 bits per heavy atom. The van der Waals surface area contributed by atoms with Crippen LogP contribution in [0.1, 0.15) is 41.6 Å². The van der Waals surface area contributed by atoms with Gasteiger partial charge in [-0.05, 0) is 35.4 Å². The monoisotopic (exact) mass is 206 g/mol. The first-order valence-corrected chi connectivity index (χ1v) is 5.32. The van der Waals surface area contributed by atoms with Gasteiger partial charge in [-0.25, -0.2) is 0 Å². The van der Waals surface area contributed by atoms with Gasteiger partial charge in [-0.3, -0.25) is 0 Å². The molecule has 2 atom stereocenters. The van der Waals surface area contributed by atoms with Crippen LogP contribution in [0.25, 0.3) is 5.03 Å². The summed E-state index contributed by atoms with van der Waals surface area (Å²) in [6, 6.07) is 6.03. The molecule has 1 nitrogen and oxygen atoms in total. The van der Waals surface area contributed by atoms with Crippen LogP contribution < -0.4 is 0 Å². The number of hydrogen-bond donors (Lipinski definition) is 1. The van der Waals surface area contributed by atoms with E-state index in [4.69, 9.17) is 11.6 Å². The number of benzene rings is 1. The molecule has 0 amide bonds. The molecule has 2 aliphatic rings. The van der Waals surface area contributed by atoms with Gasteiger partial charge in [0.15, 0.2) is 0 Å². The third-order valence-electron chi connectivity index (χ3n) is 3.25. The van der Waals surface area contributed by atoms with Crippen LogP contribution in [-0.2, 0) is 0 Å². The molecule has 0 saturated carbocycles. The van der Waals surface area contributed by atoms with Gasteiger partial charge in [-0.15, -0.1) is 0 Å². The van der Waals surface area contributed by atoms with Gasteiger partial charge in [0.25, 0.3) is 0 Å². The van der Waals surface area contributed by atoms with Crippen LogP contribution in [0.2, 0.25) is 0 Å². The summed E-state index contributed by atoms with van der Waals surface area (Å²) in [7, 11) is 0. The minimum absolute atomic E-state index is 0.286. The van der Waals surface area contributed by atoms with Crippen molar-refractivity contribution < 1.29 is 5.11 Å². The van der Waals surface area contributed by atoms with Gasteiger partial charge >= 0.3 is 0 Å². The average molecular weight is 207 g/mol. The first-order valence-electron chi connectivity index (χ1n) is 4.94. The molecular formula is C12H11ClO. The Balaban J connectivity index is 2.28. The molecule has 14 heavy (non-hydrogen) atoms. The summed E-state index contributed by atoms with van der Waals surface area (Å²) in [6.45, 7) is 0. The van der Waals surface area contributed by atoms with Crippen molar-refractivity contribution in [2.75, 3.05) is 0 Å². The molecule has 2 heteroatoms. The van der Waals surface area contributed by atoms with Crippen molar-refractivity contribution >= 4 is 16.6 Å². The van der Waals surface area contributed by atoms with E-state index in [2.05, 4.69) is 6.08 Å². The molecule has 72 valence electrons. The Hall–Kier alpha value is -0.790. The minimum Gasteiger partial charge on any atom is -0.388 e. The number of hydrogen-bond acceptors (Lipinski definition) is 1. The average Bonchev–Trinajstić information content (AvgIpc) is 2.52. The SMILES string of the molecule is OC1CC2CC=C(Cl)c3cccc1c32. The normalized spacial score (nSPS) is 28.6. The van der Waals surface area contributed by atoms with E-state index in [1.807, 2.05) is 18.2 Å². The Kier molecular flexibility index (Phi) is 1.73. The van der Waals surface area contributed by atoms with Gasteiger partial charge in [0.2, 0.25) is 0 Å². The lowest BCUT2D eigenvalue weighted by Gasteiger charge is -2.18. The van der Waals surface area contributed by atoms with Crippen LogP contribution in [0.5, 0.6) is 0 Å². The minimum atomic E-state index is -0.286. The molecule has 1 aromatic rings. The van der Waals surface area contributed by atoms with Crippen molar-refractivity contribution in [1.82, 2.24) is 0 Å². The first-order chi connectivity index (χ1) is 6.77. The standard InChI is InChI=1S/C12H11ClO/c13-10-5-4-7-6-11(14)9-3-1-2-8(10)12(7)9/h1-3,5,7,11,14H,4,6H2. The van der Waals surface area contributed by atoms with Gasteiger partial charge in [0.1, 0.15) is 0 Å². The predicted octanol–water partition coefficient (Wildman–Crippen LogP) is 3.19. The molecular weight excluding hydrogens is 196 g/mol. The van der Waals surface area contributed by atoms with Gasteiger partial charge in [-0.2, -0.15) is 0 Å². The molecule has 0 aliphatic heterocycles. The summed E-state index contributed by atoms with van der Waals surface area (Å²) < 4.78 is 0. The van der Waals surface area contributed by atoms with E-state index in [-0.39, 0.29) is 6.10 Å². The molecule has 0 fully saturated rings. The highest BCUT2D eigenvalue weighted by atomic mass is 35.5. The molecule has 0 spiro atoms. The van der Waals surface area contributed by atoms with E-state index in [0.29, 0.717) is 5.92 Å². The van der Waals surface area contributed by atoms with Crippen molar-refractivity contribution in [1.29, 1.82) is 0 Å². The molecule has 0 aromatic heterocycles. The Bertz CT molecular complexity index is 422. The fourth-order valence-corrected chi connectivity index (χ4v) is 2.88. The van der Waals surface area contributed by atoms with E-state index >= 15 is 0 Å². The van der Waals surface area contributed by atoms with E-state index < -0.39 is 0 Å². The van der Waals surface area contributed by atoms with E-state index in [0.717, 1.165) is 29.0 Å². The second kappa shape index (κ2) is 2.85. The third-order valence-corrected chi connectivity index (χ3v) is 3.61. The van der Waals surface area contributed by atoms with Crippen molar-refractivity contribution in [2.24, 2.45) is 0 Å². The fourth-order valence-electron chi connectivity index (χ4n) is 2.62. The molecule has 0 heterocycles. The van der Waals surface area contributed by atoms with E-state index in [1.54, 1.807) is 0 Å². The Morgan fingerprint density at radius 2 is 2.21 bits per heavy atom. The smallest absolute Gasteiger partial charge is 0.0799 e. The lowest BCUT2D eigenvalue weighted by Crippen LogP contribution is -2.01. The van der Waals surface area contributed by atoms with E-state index in [1.165, 1.54) is 5.56 Å². The summed E-state index contributed by atoms with van der Waals surface area (Å²) in [5.74, 6) is 0.485. The number of halogens is 1. The summed E-state index contributed by atoms with van der Waals surface area (Å²) in [5, 5.41) is 10.7. The maximum Gasteiger partial charge on any atom is 0.0799 e. The fraction of sp³-hybridized carbons (Fsp3) is 0.333. The maximum atomic E-state index is 9.86. The molecule has 0 saturated heterocycles. The van der Waals surface area contributed by atoms with Gasteiger partial charge in [-0.1, -0.05) is 35.9 Å². The lowest BCUT2D eigenvalue weighted by molar-refractivity contribution is 0.173. The topological polar surface area (TPSA) is 20.2 Å². The highest BCUT2D eigenvalue weighted by Crippen LogP contribution is 2.48. The second-order valence-electron chi connectivity index (χ2n) is 4.04. The van der Waals surface area contributed by atoms with Gasteiger partial charge in [0.05, 0.1) is 6.10 Å². The van der Waals surface area contributed by atoms with Gasteiger partial charge in [0, 0.05) is 5.03 Å². The van der Waals surface area contributed by atoms with Crippen LogP contribution in [-0.4, -0.2) is 5.11 Å². The second-order valence-corrected chi connectivity index (χ2v) is 4.45. The number of allylic oxidation sites excluding steroid dienone is 1. The first kappa shape index (κ1) is 8.51. The summed E-state index contributed by atoms with van der Waals surface area (Å²) in [6.07, 6.45) is 3.61. The molecule has 1 N–H and O–H groups in total. The number of aliphatic hydroxyl groups excluding tert-OH is 1. The van der Waals surface area contributed by atoms with Crippen LogP contribution in [0.15, 0.2) is 24.3 Å². The highest BCUT2D eigenvalue weighted by Gasteiger charge is 2.33. The van der Waals surface area contributed by atoms with Crippen LogP contribution in [0.4, 0.5) is 0 Å². The zero-order chi connectivity index (χ0) is 9.71. The van der Waals surface area contributed by atoms with Crippen molar-refractivity contribution in [3.63, 3.8) is 0 Å². The summed E-state index contributed by atoms with van der Waals surface area (Å²) in [4.78, 5) is 0. The summed E-state index contributed by atoms with van der Waals surface area (Å²) in [5.41, 5.74) is 3.49. The number of aliphatic hydroxyl groups is 1. The van der Waals surface area contributed by atoms with E-state index in [9.17, 15) is 5.11 Å².